The number of benzene rings is 1. The summed E-state index contributed by atoms with van der Waals surface area (Å²) >= 11 is 0. The van der Waals surface area contributed by atoms with Gasteiger partial charge in [-0.2, -0.15) is 0 Å². The van der Waals surface area contributed by atoms with Crippen molar-refractivity contribution < 1.29 is 8.42 Å². The molecule has 1 aromatic carbocycles. The molecule has 0 bridgehead atoms. The molecule has 4 heteroatoms. The Balaban J connectivity index is 2.61. The van der Waals surface area contributed by atoms with Gasteiger partial charge in [0.25, 0.3) is 0 Å². The van der Waals surface area contributed by atoms with Crippen molar-refractivity contribution in [3.8, 4) is 0 Å². The van der Waals surface area contributed by atoms with E-state index in [1.54, 1.807) is 0 Å². The summed E-state index contributed by atoms with van der Waals surface area (Å²) in [6.07, 6.45) is 0.478. The minimum atomic E-state index is -3.36. The first kappa shape index (κ1) is 10.5. The van der Waals surface area contributed by atoms with Gasteiger partial charge in [0, 0.05) is 10.7 Å². The van der Waals surface area contributed by atoms with Gasteiger partial charge in [0.15, 0.2) is 0 Å². The maximum absolute atomic E-state index is 10.6. The first-order valence-corrected chi connectivity index (χ1v) is 6.43. The topological polar surface area (TPSA) is 34.1 Å². The van der Waals surface area contributed by atoms with Crippen LogP contribution in [-0.2, 0) is 15.5 Å². The number of aryl methyl sites for hydroxylation is 2. The lowest BCUT2D eigenvalue weighted by molar-refractivity contribution is 0.609. The van der Waals surface area contributed by atoms with Gasteiger partial charge in [-0.25, -0.2) is 8.42 Å². The van der Waals surface area contributed by atoms with Gasteiger partial charge in [-0.15, -0.1) is 0 Å². The van der Waals surface area contributed by atoms with Crippen LogP contribution >= 0.6 is 10.7 Å². The molecule has 0 aromatic heterocycles. The van der Waals surface area contributed by atoms with E-state index in [1.165, 1.54) is 0 Å². The molecule has 0 radical (unpaired) electrons. The van der Waals surface area contributed by atoms with Crippen molar-refractivity contribution in [2.45, 2.75) is 13.3 Å². The van der Waals surface area contributed by atoms with Crippen molar-refractivity contribution in [1.29, 1.82) is 0 Å². The average molecular weight is 219 g/mol. The molecule has 2 nitrogen and oxygen atoms in total. The Bertz CT molecular complexity index is 367. The van der Waals surface area contributed by atoms with Crippen LogP contribution in [0.2, 0.25) is 0 Å². The van der Waals surface area contributed by atoms with E-state index in [9.17, 15) is 8.42 Å². The van der Waals surface area contributed by atoms with Gasteiger partial charge in [-0.1, -0.05) is 29.8 Å². The van der Waals surface area contributed by atoms with E-state index < -0.39 is 9.05 Å². The van der Waals surface area contributed by atoms with Crippen LogP contribution in [-0.4, -0.2) is 14.2 Å². The highest BCUT2D eigenvalue weighted by molar-refractivity contribution is 8.13. The largest absolute Gasteiger partial charge is 0.232 e. The Morgan fingerprint density at radius 3 is 2.23 bits per heavy atom. The van der Waals surface area contributed by atoms with Crippen LogP contribution in [0.25, 0.3) is 0 Å². The molecular weight excluding hydrogens is 208 g/mol. The first-order valence-electron chi connectivity index (χ1n) is 3.95. The van der Waals surface area contributed by atoms with Crippen LogP contribution in [0.15, 0.2) is 24.3 Å². The summed E-state index contributed by atoms with van der Waals surface area (Å²) in [5, 5.41) is 0. The van der Waals surface area contributed by atoms with Crippen LogP contribution in [0, 0.1) is 6.92 Å². The normalized spacial score (nSPS) is 11.5. The smallest absolute Gasteiger partial charge is 0.212 e. The molecule has 0 N–H and O–H groups in total. The van der Waals surface area contributed by atoms with Gasteiger partial charge in [0.2, 0.25) is 9.05 Å². The van der Waals surface area contributed by atoms with E-state index in [4.69, 9.17) is 10.7 Å². The highest BCUT2D eigenvalue weighted by Gasteiger charge is 2.04. The quantitative estimate of drug-likeness (QED) is 0.729. The third-order valence-corrected chi connectivity index (χ3v) is 2.91. The van der Waals surface area contributed by atoms with E-state index in [2.05, 4.69) is 0 Å². The maximum atomic E-state index is 10.6. The zero-order valence-corrected chi connectivity index (χ0v) is 8.90. The van der Waals surface area contributed by atoms with Crippen molar-refractivity contribution in [3.63, 3.8) is 0 Å². The maximum Gasteiger partial charge on any atom is 0.232 e. The van der Waals surface area contributed by atoms with Crippen molar-refractivity contribution in [3.05, 3.63) is 35.4 Å². The number of rotatable bonds is 3. The molecule has 0 saturated heterocycles. The molecule has 1 aromatic rings. The van der Waals surface area contributed by atoms with E-state index >= 15 is 0 Å². The molecule has 0 heterocycles. The fourth-order valence-corrected chi connectivity index (χ4v) is 1.71. The highest BCUT2D eigenvalue weighted by atomic mass is 35.7. The lowest BCUT2D eigenvalue weighted by Gasteiger charge is -1.99. The van der Waals surface area contributed by atoms with Crippen LogP contribution < -0.4 is 0 Å². The fourth-order valence-electron chi connectivity index (χ4n) is 0.995. The number of hydrogen-bond donors (Lipinski definition) is 0. The van der Waals surface area contributed by atoms with Crippen molar-refractivity contribution >= 4 is 19.7 Å². The predicted octanol–water partition coefficient (Wildman–Crippen LogP) is 2.11. The molecular formula is C9H11ClO2S. The zero-order chi connectivity index (χ0) is 9.90. The standard InChI is InChI=1S/C9H11ClO2S/c1-8-2-4-9(5-3-8)6-7-13(10,11)12/h2-5H,6-7H2,1H3. The second-order valence-corrected chi connectivity index (χ2v) is 5.88. The van der Waals surface area contributed by atoms with Crippen LogP contribution in [0.4, 0.5) is 0 Å². The molecule has 0 aliphatic heterocycles. The molecule has 0 unspecified atom stereocenters. The molecule has 0 atom stereocenters. The van der Waals surface area contributed by atoms with Gasteiger partial charge in [-0.05, 0) is 18.9 Å². The Morgan fingerprint density at radius 1 is 1.23 bits per heavy atom. The lowest BCUT2D eigenvalue weighted by Crippen LogP contribution is -2.00. The van der Waals surface area contributed by atoms with Gasteiger partial charge in [0.05, 0.1) is 5.75 Å². The SMILES string of the molecule is Cc1ccc(CCS(=O)(=O)Cl)cc1. The van der Waals surface area contributed by atoms with Crippen molar-refractivity contribution in [2.24, 2.45) is 0 Å². The summed E-state index contributed by atoms with van der Waals surface area (Å²) in [4.78, 5) is 0. The summed E-state index contributed by atoms with van der Waals surface area (Å²) in [6.45, 7) is 1.99. The molecule has 0 amide bonds. The molecule has 0 aliphatic carbocycles. The van der Waals surface area contributed by atoms with Gasteiger partial charge in [0.1, 0.15) is 0 Å². The summed E-state index contributed by atoms with van der Waals surface area (Å²) in [6, 6.07) is 7.74. The minimum absolute atomic E-state index is 0.00236. The molecule has 0 spiro atoms. The molecule has 72 valence electrons. The van der Waals surface area contributed by atoms with Gasteiger partial charge < -0.3 is 0 Å². The third kappa shape index (κ3) is 4.29. The lowest BCUT2D eigenvalue weighted by atomic mass is 10.1. The predicted molar refractivity (Wildman–Crippen MR) is 54.5 cm³/mol. The summed E-state index contributed by atoms with van der Waals surface area (Å²) < 4.78 is 21.3. The third-order valence-electron chi connectivity index (χ3n) is 1.76. The molecule has 0 fully saturated rings. The molecule has 0 aliphatic rings. The Hall–Kier alpha value is -0.540. The second kappa shape index (κ2) is 4.11. The van der Waals surface area contributed by atoms with E-state index in [0.717, 1.165) is 11.1 Å². The van der Waals surface area contributed by atoms with Crippen LogP contribution in [0.1, 0.15) is 11.1 Å². The molecule has 1 rings (SSSR count). The highest BCUT2D eigenvalue weighted by Crippen LogP contribution is 2.06. The number of hydrogen-bond acceptors (Lipinski definition) is 2. The molecule has 0 saturated carbocycles. The minimum Gasteiger partial charge on any atom is -0.212 e. The Morgan fingerprint density at radius 2 is 1.77 bits per heavy atom. The summed E-state index contributed by atoms with van der Waals surface area (Å²) in [7, 11) is 1.73. The summed E-state index contributed by atoms with van der Waals surface area (Å²) in [5.41, 5.74) is 2.16. The van der Waals surface area contributed by atoms with Crippen molar-refractivity contribution in [2.75, 3.05) is 5.75 Å². The van der Waals surface area contributed by atoms with E-state index in [-0.39, 0.29) is 5.75 Å². The zero-order valence-electron chi connectivity index (χ0n) is 7.33. The monoisotopic (exact) mass is 218 g/mol. The average Bonchev–Trinajstić information content (AvgIpc) is 2.02. The fraction of sp³-hybridized carbons (Fsp3) is 0.333. The molecule has 13 heavy (non-hydrogen) atoms. The Labute approximate surface area is 83.0 Å². The van der Waals surface area contributed by atoms with Crippen LogP contribution in [0.5, 0.6) is 0 Å². The number of halogens is 1. The summed E-state index contributed by atoms with van der Waals surface area (Å²) in [5.74, 6) is -0.00236. The van der Waals surface area contributed by atoms with Gasteiger partial charge >= 0.3 is 0 Å². The van der Waals surface area contributed by atoms with Gasteiger partial charge in [-0.3, -0.25) is 0 Å². The first-order chi connectivity index (χ1) is 5.97. The van der Waals surface area contributed by atoms with E-state index in [0.29, 0.717) is 6.42 Å². The van der Waals surface area contributed by atoms with Crippen molar-refractivity contribution in [1.82, 2.24) is 0 Å². The Kier molecular flexibility index (Phi) is 3.33. The second-order valence-electron chi connectivity index (χ2n) is 2.98. The van der Waals surface area contributed by atoms with Crippen LogP contribution in [0.3, 0.4) is 0 Å². The van der Waals surface area contributed by atoms with E-state index in [1.807, 2.05) is 31.2 Å².